The van der Waals surface area contributed by atoms with Gasteiger partial charge in [0, 0.05) is 0 Å². The zero-order valence-electron chi connectivity index (χ0n) is 13.8. The Bertz CT molecular complexity index is 491. The van der Waals surface area contributed by atoms with E-state index in [4.69, 9.17) is 4.74 Å². The Morgan fingerprint density at radius 3 is 2.68 bits per heavy atom. The van der Waals surface area contributed by atoms with Gasteiger partial charge < -0.3 is 14.7 Å². The Morgan fingerprint density at radius 2 is 2.12 bits per heavy atom. The number of carbonyl (C=O) groups is 2. The number of unbranched alkanes of at least 4 members (excludes halogenated alkanes) is 1. The molecule has 2 aliphatic rings. The summed E-state index contributed by atoms with van der Waals surface area (Å²) in [6.07, 6.45) is 6.48. The van der Waals surface area contributed by atoms with Gasteiger partial charge in [0.15, 0.2) is 6.61 Å². The molecule has 0 saturated heterocycles. The molecule has 144 valence electrons. The molecule has 0 amide bonds. The predicted molar refractivity (Wildman–Crippen MR) is 79.5 cm³/mol. The van der Waals surface area contributed by atoms with Gasteiger partial charge in [0.2, 0.25) is 0 Å². The minimum absolute atomic E-state index is 0.281. The Morgan fingerprint density at radius 1 is 1.36 bits per heavy atom. The lowest BCUT2D eigenvalue weighted by Gasteiger charge is -2.37. The largest absolute Gasteiger partial charge is 0.691 e. The Kier molecular flexibility index (Phi) is 7.01. The number of carbonyl (C=O) groups excluding carboxylic acids is 2. The molecule has 0 N–H and O–H groups in total. The normalized spacial score (nSPS) is 28.2. The van der Waals surface area contributed by atoms with Crippen molar-refractivity contribution >= 4 is 24.0 Å². The molecule has 0 radical (unpaired) electrons. The van der Waals surface area contributed by atoms with Gasteiger partial charge in [0.05, 0.1) is 0 Å². The standard InChI is InChI=1S/C15H22F2O7S/c1-2-3-6-14(8-10-4-5-11(14)7-10)22-12(18)9-21-13(19)15(16,17)25-24-23-20/h10-11,20H,2-9H2,1H3/p-1. The van der Waals surface area contributed by atoms with Crippen LogP contribution in [0.25, 0.3) is 0 Å². The summed E-state index contributed by atoms with van der Waals surface area (Å²) < 4.78 is 39.7. The molecule has 7 nitrogen and oxygen atoms in total. The highest BCUT2D eigenvalue weighted by Crippen LogP contribution is 2.54. The van der Waals surface area contributed by atoms with E-state index in [1.54, 1.807) is 0 Å². The maximum atomic E-state index is 13.2. The molecule has 0 heterocycles. The predicted octanol–water partition coefficient (Wildman–Crippen LogP) is 2.29. The molecule has 0 aliphatic heterocycles. The van der Waals surface area contributed by atoms with E-state index < -0.39 is 41.4 Å². The van der Waals surface area contributed by atoms with Crippen molar-refractivity contribution in [3.8, 4) is 0 Å². The molecule has 10 heteroatoms. The third kappa shape index (κ3) is 5.02. The molecule has 2 fully saturated rings. The van der Waals surface area contributed by atoms with E-state index >= 15 is 0 Å². The summed E-state index contributed by atoms with van der Waals surface area (Å²) >= 11 is -0.803. The summed E-state index contributed by atoms with van der Waals surface area (Å²) in [4.78, 5) is 23.3. The van der Waals surface area contributed by atoms with Crippen LogP contribution in [0.4, 0.5) is 8.78 Å². The fourth-order valence-corrected chi connectivity index (χ4v) is 4.15. The topological polar surface area (TPSA) is 94.1 Å². The molecule has 2 rings (SSSR count). The van der Waals surface area contributed by atoms with Gasteiger partial charge in [-0.3, -0.25) is 5.04 Å². The first-order valence-electron chi connectivity index (χ1n) is 8.24. The number of alkyl halides is 2. The number of rotatable bonds is 10. The molecule has 2 aliphatic carbocycles. The lowest BCUT2D eigenvalue weighted by atomic mass is 9.80. The maximum Gasteiger partial charge on any atom is 0.415 e. The number of fused-ring (bicyclic) bond motifs is 2. The van der Waals surface area contributed by atoms with Crippen molar-refractivity contribution in [2.24, 2.45) is 11.8 Å². The van der Waals surface area contributed by atoms with Crippen LogP contribution in [0.2, 0.25) is 0 Å². The highest BCUT2D eigenvalue weighted by Gasteiger charge is 2.53. The fourth-order valence-electron chi connectivity index (χ4n) is 3.91. The average Bonchev–Trinajstić information content (AvgIpc) is 3.17. The lowest BCUT2D eigenvalue weighted by molar-refractivity contribution is -0.777. The van der Waals surface area contributed by atoms with E-state index in [2.05, 4.69) is 14.1 Å². The average molecular weight is 383 g/mol. The van der Waals surface area contributed by atoms with Gasteiger partial charge in [-0.05, 0) is 50.4 Å². The van der Waals surface area contributed by atoms with Crippen molar-refractivity contribution in [3.05, 3.63) is 0 Å². The highest BCUT2D eigenvalue weighted by atomic mass is 32.2. The number of hydrogen-bond donors (Lipinski definition) is 0. The van der Waals surface area contributed by atoms with Crippen LogP contribution in [0.15, 0.2) is 0 Å². The minimum atomic E-state index is -4.17. The van der Waals surface area contributed by atoms with Crippen LogP contribution < -0.4 is 5.26 Å². The first-order chi connectivity index (χ1) is 11.8. The van der Waals surface area contributed by atoms with E-state index in [1.165, 1.54) is 0 Å². The van der Waals surface area contributed by atoms with E-state index in [0.29, 0.717) is 5.92 Å². The molecule has 0 aromatic carbocycles. The molecule has 2 saturated carbocycles. The zero-order chi connectivity index (χ0) is 18.5. The Hall–Kier alpha value is -0.970. The Labute approximate surface area is 148 Å². The zero-order valence-corrected chi connectivity index (χ0v) is 14.6. The number of hydrogen-bond acceptors (Lipinski definition) is 8. The smallest absolute Gasteiger partial charge is 0.415 e. The molecule has 3 unspecified atom stereocenters. The van der Waals surface area contributed by atoms with E-state index in [1.807, 2.05) is 6.92 Å². The van der Waals surface area contributed by atoms with Crippen LogP contribution in [0, 0.1) is 11.8 Å². The quantitative estimate of drug-likeness (QED) is 0.245. The van der Waals surface area contributed by atoms with E-state index in [0.717, 1.165) is 44.9 Å². The number of ether oxygens (including phenoxy) is 2. The summed E-state index contributed by atoms with van der Waals surface area (Å²) in [5, 5.41) is 8.13. The molecule has 3 atom stereocenters. The monoisotopic (exact) mass is 383 g/mol. The van der Waals surface area contributed by atoms with Crippen LogP contribution >= 0.6 is 12.0 Å². The summed E-state index contributed by atoms with van der Waals surface area (Å²) in [5.74, 6) is -2.05. The minimum Gasteiger partial charge on any atom is -0.691 e. The van der Waals surface area contributed by atoms with Gasteiger partial charge in [-0.1, -0.05) is 13.3 Å². The van der Waals surface area contributed by atoms with Crippen LogP contribution in [-0.2, 0) is 28.4 Å². The van der Waals surface area contributed by atoms with Crippen molar-refractivity contribution < 1.29 is 42.5 Å². The second kappa shape index (κ2) is 8.61. The van der Waals surface area contributed by atoms with Crippen LogP contribution in [-0.4, -0.2) is 29.4 Å². The SMILES string of the molecule is CCCCC1(OC(=O)COC(=O)C(F)(F)SOO[O-])CC2CCC1C2. The van der Waals surface area contributed by atoms with Gasteiger partial charge in [-0.2, -0.15) is 13.1 Å². The van der Waals surface area contributed by atoms with Crippen LogP contribution in [0.1, 0.15) is 51.9 Å². The summed E-state index contributed by atoms with van der Waals surface area (Å²) in [5.41, 5.74) is -0.570. The maximum absolute atomic E-state index is 13.2. The summed E-state index contributed by atoms with van der Waals surface area (Å²) in [7, 11) is 0. The van der Waals surface area contributed by atoms with Crippen LogP contribution in [0.3, 0.4) is 0 Å². The molecular weight excluding hydrogens is 362 g/mol. The lowest BCUT2D eigenvalue weighted by Crippen LogP contribution is -2.42. The molecule has 0 spiro atoms. The van der Waals surface area contributed by atoms with Crippen molar-refractivity contribution in [2.45, 2.75) is 62.7 Å². The molecule has 0 aromatic heterocycles. The van der Waals surface area contributed by atoms with Gasteiger partial charge in [0.1, 0.15) is 17.6 Å². The Balaban J connectivity index is 1.86. The number of esters is 2. The third-order valence-corrected chi connectivity index (χ3v) is 5.41. The molecule has 25 heavy (non-hydrogen) atoms. The first kappa shape index (κ1) is 20.3. The van der Waals surface area contributed by atoms with Crippen LogP contribution in [0.5, 0.6) is 0 Å². The van der Waals surface area contributed by atoms with Gasteiger partial charge >= 0.3 is 17.2 Å². The van der Waals surface area contributed by atoms with Gasteiger partial charge in [-0.25, -0.2) is 9.59 Å². The van der Waals surface area contributed by atoms with Crippen molar-refractivity contribution in [1.82, 2.24) is 0 Å². The summed E-state index contributed by atoms with van der Waals surface area (Å²) in [6.45, 7) is 1.12. The second-order valence-corrected chi connectivity index (χ2v) is 7.35. The van der Waals surface area contributed by atoms with Gasteiger partial charge in [-0.15, -0.1) is 0 Å². The second-order valence-electron chi connectivity index (χ2n) is 6.53. The first-order valence-corrected chi connectivity index (χ1v) is 8.98. The molecule has 0 aromatic rings. The summed E-state index contributed by atoms with van der Waals surface area (Å²) in [6, 6.07) is 0. The molecule has 2 bridgehead atoms. The fraction of sp³-hybridized carbons (Fsp3) is 0.867. The van der Waals surface area contributed by atoms with Crippen molar-refractivity contribution in [1.29, 1.82) is 0 Å². The number of halogens is 2. The van der Waals surface area contributed by atoms with Crippen molar-refractivity contribution in [3.63, 3.8) is 0 Å². The highest BCUT2D eigenvalue weighted by molar-refractivity contribution is 7.96. The van der Waals surface area contributed by atoms with E-state index in [9.17, 15) is 23.6 Å². The molecular formula is C15H21F2O7S-. The third-order valence-electron chi connectivity index (χ3n) is 4.92. The van der Waals surface area contributed by atoms with E-state index in [-0.39, 0.29) is 5.92 Å². The van der Waals surface area contributed by atoms with Gasteiger partial charge in [0.25, 0.3) is 0 Å². The van der Waals surface area contributed by atoms with Crippen molar-refractivity contribution in [2.75, 3.05) is 6.61 Å².